The fourth-order valence-corrected chi connectivity index (χ4v) is 1.41. The average molecular weight is 225 g/mol. The first-order chi connectivity index (χ1) is 6.75. The molecular weight excluding hydrogens is 219 g/mol. The smallest absolute Gasteiger partial charge is 0.129 e. The van der Waals surface area contributed by atoms with Gasteiger partial charge in [-0.15, -0.1) is 0 Å². The lowest BCUT2D eigenvalue weighted by Gasteiger charge is -2.00. The Morgan fingerprint density at radius 2 is 1.71 bits per heavy atom. The first kappa shape index (κ1) is 9.44. The highest BCUT2D eigenvalue weighted by atomic mass is 35.5. The molecule has 2 nitrogen and oxygen atoms in total. The number of hydrogen-bond donors (Lipinski definition) is 0. The van der Waals surface area contributed by atoms with Gasteiger partial charge in [0.15, 0.2) is 0 Å². The van der Waals surface area contributed by atoms with E-state index in [9.17, 15) is 0 Å². The van der Waals surface area contributed by atoms with E-state index in [0.717, 1.165) is 11.1 Å². The van der Waals surface area contributed by atoms with E-state index < -0.39 is 0 Å². The van der Waals surface area contributed by atoms with Crippen LogP contribution in [-0.4, -0.2) is 9.97 Å². The zero-order valence-corrected chi connectivity index (χ0v) is 8.63. The summed E-state index contributed by atoms with van der Waals surface area (Å²) in [6.07, 6.45) is 3.36. The molecule has 0 aliphatic heterocycles. The van der Waals surface area contributed by atoms with Crippen molar-refractivity contribution < 1.29 is 0 Å². The first-order valence-electron chi connectivity index (χ1n) is 3.99. The summed E-state index contributed by atoms with van der Waals surface area (Å²) >= 11 is 11.4. The van der Waals surface area contributed by atoms with E-state index in [1.165, 1.54) is 0 Å². The second-order valence-corrected chi connectivity index (χ2v) is 3.51. The molecule has 0 aliphatic carbocycles. The molecule has 0 unspecified atom stereocenters. The normalized spacial score (nSPS) is 10.1. The molecule has 0 spiro atoms. The van der Waals surface area contributed by atoms with E-state index in [-0.39, 0.29) is 0 Å². The van der Waals surface area contributed by atoms with E-state index >= 15 is 0 Å². The van der Waals surface area contributed by atoms with Crippen molar-refractivity contribution in [3.05, 3.63) is 47.0 Å². The molecule has 2 aromatic rings. The third-order valence-corrected chi connectivity index (χ3v) is 2.22. The number of halogens is 2. The van der Waals surface area contributed by atoms with Gasteiger partial charge in [0, 0.05) is 18.0 Å². The van der Waals surface area contributed by atoms with E-state index in [0.29, 0.717) is 10.3 Å². The molecule has 0 fully saturated rings. The van der Waals surface area contributed by atoms with Gasteiger partial charge in [-0.2, -0.15) is 0 Å². The Morgan fingerprint density at radius 1 is 0.857 bits per heavy atom. The monoisotopic (exact) mass is 224 g/mol. The Hall–Kier alpha value is -1.12. The number of aromatic nitrogens is 2. The molecule has 0 aliphatic rings. The van der Waals surface area contributed by atoms with Gasteiger partial charge in [-0.3, -0.25) is 0 Å². The van der Waals surface area contributed by atoms with Gasteiger partial charge >= 0.3 is 0 Å². The Kier molecular flexibility index (Phi) is 2.66. The highest BCUT2D eigenvalue weighted by molar-refractivity contribution is 6.30. The van der Waals surface area contributed by atoms with Crippen LogP contribution >= 0.6 is 23.2 Å². The van der Waals surface area contributed by atoms with Crippen molar-refractivity contribution in [3.63, 3.8) is 0 Å². The molecule has 0 saturated carbocycles. The molecule has 2 heterocycles. The van der Waals surface area contributed by atoms with Crippen LogP contribution in [0, 0.1) is 0 Å². The highest BCUT2D eigenvalue weighted by Crippen LogP contribution is 2.21. The van der Waals surface area contributed by atoms with Gasteiger partial charge < -0.3 is 0 Å². The average Bonchev–Trinajstić information content (AvgIpc) is 2.19. The summed E-state index contributed by atoms with van der Waals surface area (Å²) in [4.78, 5) is 7.89. The molecule has 0 amide bonds. The predicted octanol–water partition coefficient (Wildman–Crippen LogP) is 3.45. The van der Waals surface area contributed by atoms with E-state index in [1.807, 2.05) is 12.1 Å². The Bertz CT molecular complexity index is 440. The van der Waals surface area contributed by atoms with Crippen molar-refractivity contribution in [2.45, 2.75) is 0 Å². The molecule has 0 saturated heterocycles. The van der Waals surface area contributed by atoms with Gasteiger partial charge in [0.2, 0.25) is 0 Å². The van der Waals surface area contributed by atoms with Crippen LogP contribution in [-0.2, 0) is 0 Å². The van der Waals surface area contributed by atoms with Crippen molar-refractivity contribution in [2.24, 2.45) is 0 Å². The second kappa shape index (κ2) is 3.95. The molecule has 0 atom stereocenters. The summed E-state index contributed by atoms with van der Waals surface area (Å²) in [5, 5.41) is 0.950. The minimum atomic E-state index is 0.470. The maximum absolute atomic E-state index is 5.77. The minimum Gasteiger partial charge on any atom is -0.245 e. The standard InChI is InChI=1S/C10H6Cl2N2/c11-9-2-1-8(6-14-9)7-3-4-13-10(12)5-7/h1-6H. The molecule has 0 aromatic carbocycles. The lowest BCUT2D eigenvalue weighted by Crippen LogP contribution is -1.81. The molecule has 0 N–H and O–H groups in total. The Labute approximate surface area is 91.5 Å². The van der Waals surface area contributed by atoms with E-state index in [2.05, 4.69) is 9.97 Å². The van der Waals surface area contributed by atoms with Crippen LogP contribution in [0.1, 0.15) is 0 Å². The summed E-state index contributed by atoms with van der Waals surface area (Å²) in [6.45, 7) is 0. The predicted molar refractivity (Wildman–Crippen MR) is 57.5 cm³/mol. The second-order valence-electron chi connectivity index (χ2n) is 2.74. The van der Waals surface area contributed by atoms with Crippen LogP contribution in [0.2, 0.25) is 10.3 Å². The molecule has 70 valence electrons. The van der Waals surface area contributed by atoms with Crippen LogP contribution in [0.25, 0.3) is 11.1 Å². The van der Waals surface area contributed by atoms with Gasteiger partial charge in [-0.25, -0.2) is 9.97 Å². The topological polar surface area (TPSA) is 25.8 Å². The minimum absolute atomic E-state index is 0.470. The third kappa shape index (κ3) is 2.03. The van der Waals surface area contributed by atoms with Crippen LogP contribution < -0.4 is 0 Å². The van der Waals surface area contributed by atoms with Gasteiger partial charge in [0.25, 0.3) is 0 Å². The molecule has 14 heavy (non-hydrogen) atoms. The zero-order chi connectivity index (χ0) is 9.97. The van der Waals surface area contributed by atoms with Gasteiger partial charge in [-0.1, -0.05) is 23.2 Å². The fourth-order valence-electron chi connectivity index (χ4n) is 1.13. The lowest BCUT2D eigenvalue weighted by atomic mass is 10.1. The highest BCUT2D eigenvalue weighted by Gasteiger charge is 1.99. The van der Waals surface area contributed by atoms with Crippen molar-refractivity contribution in [1.82, 2.24) is 9.97 Å². The Balaban J connectivity index is 2.44. The van der Waals surface area contributed by atoms with Gasteiger partial charge in [0.1, 0.15) is 10.3 Å². The number of pyridine rings is 2. The summed E-state index contributed by atoms with van der Waals surface area (Å²) in [7, 11) is 0. The maximum atomic E-state index is 5.77. The SMILES string of the molecule is Clc1ccc(-c2ccnc(Cl)c2)cn1. The Morgan fingerprint density at radius 3 is 2.36 bits per heavy atom. The van der Waals surface area contributed by atoms with Crippen LogP contribution in [0.15, 0.2) is 36.7 Å². The maximum Gasteiger partial charge on any atom is 0.129 e. The van der Waals surface area contributed by atoms with Crippen molar-refractivity contribution in [3.8, 4) is 11.1 Å². The number of rotatable bonds is 1. The summed E-state index contributed by atoms with van der Waals surface area (Å²) < 4.78 is 0. The molecular formula is C10H6Cl2N2. The van der Waals surface area contributed by atoms with Crippen LogP contribution in [0.4, 0.5) is 0 Å². The van der Waals surface area contributed by atoms with Gasteiger partial charge in [-0.05, 0) is 29.8 Å². The zero-order valence-electron chi connectivity index (χ0n) is 7.11. The van der Waals surface area contributed by atoms with Crippen molar-refractivity contribution in [2.75, 3.05) is 0 Å². The van der Waals surface area contributed by atoms with Crippen LogP contribution in [0.3, 0.4) is 0 Å². The molecule has 2 rings (SSSR count). The molecule has 2 aromatic heterocycles. The van der Waals surface area contributed by atoms with Crippen molar-refractivity contribution >= 4 is 23.2 Å². The molecule has 0 radical (unpaired) electrons. The van der Waals surface area contributed by atoms with Crippen LogP contribution in [0.5, 0.6) is 0 Å². The van der Waals surface area contributed by atoms with E-state index in [4.69, 9.17) is 23.2 Å². The largest absolute Gasteiger partial charge is 0.245 e. The lowest BCUT2D eigenvalue weighted by molar-refractivity contribution is 1.30. The molecule has 4 heteroatoms. The number of hydrogen-bond acceptors (Lipinski definition) is 2. The van der Waals surface area contributed by atoms with Gasteiger partial charge in [0.05, 0.1) is 0 Å². The molecule has 0 bridgehead atoms. The number of nitrogens with zero attached hydrogens (tertiary/aromatic N) is 2. The fraction of sp³-hybridized carbons (Fsp3) is 0. The quantitative estimate of drug-likeness (QED) is 0.694. The summed E-state index contributed by atoms with van der Waals surface area (Å²) in [5.74, 6) is 0. The summed E-state index contributed by atoms with van der Waals surface area (Å²) in [6, 6.07) is 7.29. The third-order valence-electron chi connectivity index (χ3n) is 1.79. The summed E-state index contributed by atoms with van der Waals surface area (Å²) in [5.41, 5.74) is 1.95. The first-order valence-corrected chi connectivity index (χ1v) is 4.75. The van der Waals surface area contributed by atoms with Crippen molar-refractivity contribution in [1.29, 1.82) is 0 Å². The van der Waals surface area contributed by atoms with E-state index in [1.54, 1.807) is 24.5 Å².